The summed E-state index contributed by atoms with van der Waals surface area (Å²) in [5.41, 5.74) is 1.67. The van der Waals surface area contributed by atoms with Crippen molar-refractivity contribution < 1.29 is 19.1 Å². The van der Waals surface area contributed by atoms with Crippen molar-refractivity contribution in [1.29, 1.82) is 0 Å². The van der Waals surface area contributed by atoms with Gasteiger partial charge in [-0.05, 0) is 30.7 Å². The van der Waals surface area contributed by atoms with E-state index < -0.39 is 17.8 Å². The Balaban J connectivity index is 1.21. The molecular formula is C20H16N2O4S2. The van der Waals surface area contributed by atoms with Crippen LogP contribution in [-0.2, 0) is 9.53 Å². The maximum absolute atomic E-state index is 12.2. The number of carbonyl (C=O) groups is 3. The smallest absolute Gasteiger partial charge is 0.307 e. The number of thioether (sulfide) groups is 1. The first-order chi connectivity index (χ1) is 13.6. The maximum Gasteiger partial charge on any atom is 0.307 e. The minimum absolute atomic E-state index is 0.223. The molecule has 2 heterocycles. The van der Waals surface area contributed by atoms with Crippen LogP contribution in [0.4, 0.5) is 0 Å². The van der Waals surface area contributed by atoms with E-state index in [9.17, 15) is 14.4 Å². The molecule has 4 rings (SSSR count). The number of ether oxygens (including phenoxy) is 1. The second-order valence-corrected chi connectivity index (χ2v) is 8.50. The number of aromatic nitrogens is 1. The molecule has 2 aromatic carbocycles. The van der Waals surface area contributed by atoms with Gasteiger partial charge in [0.15, 0.2) is 11.1 Å². The van der Waals surface area contributed by atoms with Crippen LogP contribution in [0.3, 0.4) is 0 Å². The SMILES string of the molecule is O=C(CCCSc1nc2ccccc2s1)OCN1C(=O)c2ccccc2C1=O. The zero-order valence-electron chi connectivity index (χ0n) is 14.8. The topological polar surface area (TPSA) is 76.6 Å². The highest BCUT2D eigenvalue weighted by Gasteiger charge is 2.35. The van der Waals surface area contributed by atoms with E-state index in [0.29, 0.717) is 17.5 Å². The number of fused-ring (bicyclic) bond motifs is 2. The number of hydrogen-bond donors (Lipinski definition) is 0. The largest absolute Gasteiger partial charge is 0.444 e. The molecule has 8 heteroatoms. The van der Waals surface area contributed by atoms with E-state index >= 15 is 0 Å². The second-order valence-electron chi connectivity index (χ2n) is 6.13. The normalized spacial score (nSPS) is 13.2. The summed E-state index contributed by atoms with van der Waals surface area (Å²) in [4.78, 5) is 41.9. The van der Waals surface area contributed by atoms with Crippen LogP contribution >= 0.6 is 23.1 Å². The van der Waals surface area contributed by atoms with E-state index in [2.05, 4.69) is 4.98 Å². The summed E-state index contributed by atoms with van der Waals surface area (Å²) in [6.45, 7) is -0.351. The van der Waals surface area contributed by atoms with Crippen molar-refractivity contribution in [3.8, 4) is 0 Å². The Morgan fingerprint density at radius 2 is 1.71 bits per heavy atom. The summed E-state index contributed by atoms with van der Waals surface area (Å²) in [6, 6.07) is 14.5. The second kappa shape index (κ2) is 8.12. The monoisotopic (exact) mass is 412 g/mol. The molecule has 0 saturated heterocycles. The molecule has 0 aliphatic carbocycles. The number of carbonyl (C=O) groups excluding carboxylic acids is 3. The molecule has 0 radical (unpaired) electrons. The number of esters is 1. The average molecular weight is 412 g/mol. The first-order valence-electron chi connectivity index (χ1n) is 8.73. The quantitative estimate of drug-likeness (QED) is 0.253. The van der Waals surface area contributed by atoms with Crippen LogP contribution in [-0.4, -0.2) is 40.2 Å². The van der Waals surface area contributed by atoms with Gasteiger partial charge in [-0.1, -0.05) is 36.0 Å². The Kier molecular flexibility index (Phi) is 5.40. The zero-order valence-corrected chi connectivity index (χ0v) is 16.4. The fourth-order valence-electron chi connectivity index (χ4n) is 2.85. The molecule has 6 nitrogen and oxygen atoms in total. The van der Waals surface area contributed by atoms with E-state index in [-0.39, 0.29) is 13.2 Å². The summed E-state index contributed by atoms with van der Waals surface area (Å²) in [5.74, 6) is -0.553. The molecule has 1 aromatic heterocycles. The Morgan fingerprint density at radius 3 is 2.43 bits per heavy atom. The highest BCUT2D eigenvalue weighted by Crippen LogP contribution is 2.29. The lowest BCUT2D eigenvalue weighted by Gasteiger charge is -2.13. The molecule has 28 heavy (non-hydrogen) atoms. The van der Waals surface area contributed by atoms with Gasteiger partial charge < -0.3 is 4.74 Å². The summed E-state index contributed by atoms with van der Waals surface area (Å²) < 4.78 is 7.24. The molecule has 1 aliphatic heterocycles. The van der Waals surface area contributed by atoms with Gasteiger partial charge in [-0.15, -0.1) is 11.3 Å². The number of imide groups is 1. The van der Waals surface area contributed by atoms with Gasteiger partial charge in [0.1, 0.15) is 0 Å². The van der Waals surface area contributed by atoms with Gasteiger partial charge in [0.2, 0.25) is 0 Å². The lowest BCUT2D eigenvalue weighted by atomic mass is 10.1. The van der Waals surface area contributed by atoms with Crippen molar-refractivity contribution in [2.75, 3.05) is 12.5 Å². The average Bonchev–Trinajstić information content (AvgIpc) is 3.23. The molecule has 0 fully saturated rings. The number of rotatable bonds is 7. The number of amides is 2. The van der Waals surface area contributed by atoms with Gasteiger partial charge in [0, 0.05) is 12.2 Å². The van der Waals surface area contributed by atoms with Crippen LogP contribution in [0.25, 0.3) is 10.2 Å². The van der Waals surface area contributed by atoms with Crippen molar-refractivity contribution in [1.82, 2.24) is 9.88 Å². The number of nitrogens with zero attached hydrogens (tertiary/aromatic N) is 2. The fourth-order valence-corrected chi connectivity index (χ4v) is 4.93. The molecule has 0 bridgehead atoms. The van der Waals surface area contributed by atoms with Crippen molar-refractivity contribution >= 4 is 51.1 Å². The van der Waals surface area contributed by atoms with Crippen LogP contribution in [0.15, 0.2) is 52.9 Å². The van der Waals surface area contributed by atoms with E-state index in [1.54, 1.807) is 47.4 Å². The molecular weight excluding hydrogens is 396 g/mol. The van der Waals surface area contributed by atoms with E-state index in [0.717, 1.165) is 25.2 Å². The van der Waals surface area contributed by atoms with E-state index in [1.165, 1.54) is 0 Å². The maximum atomic E-state index is 12.2. The third-order valence-electron chi connectivity index (χ3n) is 4.26. The van der Waals surface area contributed by atoms with Crippen LogP contribution in [0.2, 0.25) is 0 Å². The lowest BCUT2D eigenvalue weighted by molar-refractivity contribution is -0.146. The third-order valence-corrected chi connectivity index (χ3v) is 6.52. The minimum Gasteiger partial charge on any atom is -0.444 e. The van der Waals surface area contributed by atoms with Gasteiger partial charge in [0.05, 0.1) is 21.3 Å². The number of para-hydroxylation sites is 1. The van der Waals surface area contributed by atoms with E-state index in [4.69, 9.17) is 4.74 Å². The van der Waals surface area contributed by atoms with Crippen LogP contribution in [0.1, 0.15) is 33.6 Å². The summed E-state index contributed by atoms with van der Waals surface area (Å²) >= 11 is 3.24. The Labute approximate surface area is 169 Å². The summed E-state index contributed by atoms with van der Waals surface area (Å²) in [5, 5.41) is 0. The van der Waals surface area contributed by atoms with Crippen molar-refractivity contribution in [2.45, 2.75) is 17.2 Å². The lowest BCUT2D eigenvalue weighted by Crippen LogP contribution is -2.33. The van der Waals surface area contributed by atoms with Crippen molar-refractivity contribution in [3.63, 3.8) is 0 Å². The molecule has 0 N–H and O–H groups in total. The molecule has 3 aromatic rings. The van der Waals surface area contributed by atoms with Gasteiger partial charge in [-0.2, -0.15) is 0 Å². The molecule has 0 spiro atoms. The Bertz CT molecular complexity index is 995. The molecule has 0 saturated carbocycles. The van der Waals surface area contributed by atoms with Gasteiger partial charge in [-0.25, -0.2) is 9.88 Å². The molecule has 0 unspecified atom stereocenters. The molecule has 2 amide bonds. The fraction of sp³-hybridized carbons (Fsp3) is 0.200. The Morgan fingerprint density at radius 1 is 1.04 bits per heavy atom. The Hall–Kier alpha value is -2.71. The van der Waals surface area contributed by atoms with Crippen LogP contribution in [0, 0.1) is 0 Å². The van der Waals surface area contributed by atoms with Crippen molar-refractivity contribution in [2.24, 2.45) is 0 Å². The predicted molar refractivity (Wildman–Crippen MR) is 107 cm³/mol. The predicted octanol–water partition coefficient (Wildman–Crippen LogP) is 3.97. The van der Waals surface area contributed by atoms with E-state index in [1.807, 2.05) is 24.3 Å². The summed E-state index contributed by atoms with van der Waals surface area (Å²) in [7, 11) is 0. The minimum atomic E-state index is -0.431. The standard InChI is InChI=1S/C20H16N2O4S2/c23-17(10-5-11-27-20-21-15-8-3-4-9-16(15)28-20)26-12-22-18(24)13-6-1-2-7-14(13)19(22)25/h1-4,6-9H,5,10-12H2. The molecule has 142 valence electrons. The van der Waals surface area contributed by atoms with Gasteiger partial charge in [0.25, 0.3) is 11.8 Å². The summed E-state index contributed by atoms with van der Waals surface area (Å²) in [6.07, 6.45) is 0.850. The first kappa shape index (κ1) is 18.6. The van der Waals surface area contributed by atoms with Crippen molar-refractivity contribution in [3.05, 3.63) is 59.7 Å². The van der Waals surface area contributed by atoms with Gasteiger partial charge >= 0.3 is 5.97 Å². The van der Waals surface area contributed by atoms with Crippen LogP contribution < -0.4 is 0 Å². The zero-order chi connectivity index (χ0) is 19.5. The van der Waals surface area contributed by atoms with Crippen LogP contribution in [0.5, 0.6) is 0 Å². The highest BCUT2D eigenvalue weighted by atomic mass is 32.2. The third kappa shape index (κ3) is 3.79. The highest BCUT2D eigenvalue weighted by molar-refractivity contribution is 8.01. The number of benzene rings is 2. The number of hydrogen-bond acceptors (Lipinski definition) is 7. The molecule has 1 aliphatic rings. The van der Waals surface area contributed by atoms with Gasteiger partial charge in [-0.3, -0.25) is 14.4 Å². The molecule has 0 atom stereocenters. The number of thiazole rings is 1. The first-order valence-corrected chi connectivity index (χ1v) is 10.5.